The lowest BCUT2D eigenvalue weighted by Crippen LogP contribution is -2.44. The number of ether oxygens (including phenoxy) is 1. The van der Waals surface area contributed by atoms with Gasteiger partial charge in [-0.25, -0.2) is 4.79 Å². The predicted octanol–water partition coefficient (Wildman–Crippen LogP) is 4.20. The first-order valence-electron chi connectivity index (χ1n) is 10.3. The van der Waals surface area contributed by atoms with E-state index in [1.54, 1.807) is 0 Å². The maximum absolute atomic E-state index is 12.2. The highest BCUT2D eigenvalue weighted by Crippen LogP contribution is 2.26. The molecule has 0 aromatic heterocycles. The Kier molecular flexibility index (Phi) is 8.14. The molecule has 150 valence electrons. The molecule has 5 nitrogen and oxygen atoms in total. The van der Waals surface area contributed by atoms with Crippen LogP contribution in [0.2, 0.25) is 0 Å². The normalized spacial score (nSPS) is 21.1. The van der Waals surface area contributed by atoms with E-state index in [2.05, 4.69) is 34.2 Å². The molecule has 2 saturated heterocycles. The van der Waals surface area contributed by atoms with Crippen LogP contribution in [-0.2, 0) is 0 Å². The Labute approximate surface area is 167 Å². The number of anilines is 1. The summed E-state index contributed by atoms with van der Waals surface area (Å²) in [7, 11) is 0. The summed E-state index contributed by atoms with van der Waals surface area (Å²) in [5, 5.41) is 5.95. The Hall–Kier alpha value is -1.40. The van der Waals surface area contributed by atoms with Gasteiger partial charge in [0.1, 0.15) is 5.75 Å². The highest BCUT2D eigenvalue weighted by atomic mass is 32.2. The minimum absolute atomic E-state index is 0.121. The maximum Gasteiger partial charge on any atom is 0.319 e. The van der Waals surface area contributed by atoms with E-state index in [-0.39, 0.29) is 6.03 Å². The van der Waals surface area contributed by atoms with Gasteiger partial charge in [-0.15, -0.1) is 0 Å². The van der Waals surface area contributed by atoms with E-state index in [0.29, 0.717) is 5.92 Å². The Morgan fingerprint density at radius 1 is 1.22 bits per heavy atom. The number of carbonyl (C=O) groups excluding carboxylic acids is 1. The molecule has 0 saturated carbocycles. The lowest BCUT2D eigenvalue weighted by atomic mass is 9.95. The third kappa shape index (κ3) is 6.61. The molecule has 2 aliphatic heterocycles. The second-order valence-corrected chi connectivity index (χ2v) is 8.71. The highest BCUT2D eigenvalue weighted by molar-refractivity contribution is 7.99. The molecule has 0 spiro atoms. The summed E-state index contributed by atoms with van der Waals surface area (Å²) in [6.07, 6.45) is 5.90. The van der Waals surface area contributed by atoms with Gasteiger partial charge in [-0.3, -0.25) is 4.90 Å². The van der Waals surface area contributed by atoms with Gasteiger partial charge < -0.3 is 15.4 Å². The second kappa shape index (κ2) is 10.8. The zero-order valence-electron chi connectivity index (χ0n) is 16.4. The number of hydrogen-bond acceptors (Lipinski definition) is 4. The number of rotatable bonds is 8. The first-order chi connectivity index (χ1) is 13.2. The van der Waals surface area contributed by atoms with Gasteiger partial charge >= 0.3 is 6.03 Å². The molecule has 0 aliphatic carbocycles. The number of thioether (sulfide) groups is 1. The Morgan fingerprint density at radius 3 is 2.67 bits per heavy atom. The number of likely N-dealkylation sites (tertiary alicyclic amines) is 1. The van der Waals surface area contributed by atoms with Gasteiger partial charge in [0.15, 0.2) is 0 Å². The number of nitrogens with zero attached hydrogens (tertiary/aromatic N) is 1. The number of benzene rings is 1. The molecule has 0 radical (unpaired) electrons. The molecular formula is C21H33N3O2S. The van der Waals surface area contributed by atoms with Crippen molar-refractivity contribution in [2.75, 3.05) is 43.1 Å². The summed E-state index contributed by atoms with van der Waals surface area (Å²) in [5.74, 6) is 4.06. The van der Waals surface area contributed by atoms with E-state index in [1.165, 1.54) is 43.9 Å². The summed E-state index contributed by atoms with van der Waals surface area (Å²) in [5.41, 5.74) is 0.795. The van der Waals surface area contributed by atoms with E-state index in [4.69, 9.17) is 4.74 Å². The van der Waals surface area contributed by atoms with Crippen molar-refractivity contribution < 1.29 is 9.53 Å². The monoisotopic (exact) mass is 391 g/mol. The van der Waals surface area contributed by atoms with E-state index in [0.717, 1.165) is 43.5 Å². The van der Waals surface area contributed by atoms with Gasteiger partial charge in [0.2, 0.25) is 0 Å². The third-order valence-electron chi connectivity index (χ3n) is 5.50. The number of unbranched alkanes of at least 4 members (excludes halogenated alkanes) is 1. The predicted molar refractivity (Wildman–Crippen MR) is 114 cm³/mol. The van der Waals surface area contributed by atoms with Crippen LogP contribution in [0.4, 0.5) is 10.5 Å². The van der Waals surface area contributed by atoms with Crippen molar-refractivity contribution in [1.29, 1.82) is 0 Å². The quantitative estimate of drug-likeness (QED) is 0.652. The van der Waals surface area contributed by atoms with Crippen molar-refractivity contribution in [3.05, 3.63) is 24.3 Å². The SMILES string of the molecule is CCCCOc1ccc(NC(=O)NCC2CCN([C@H]3CCSC3)CC2)cc1. The molecular weight excluding hydrogens is 358 g/mol. The number of carbonyl (C=O) groups is 1. The fraction of sp³-hybridized carbons (Fsp3) is 0.667. The van der Waals surface area contributed by atoms with Gasteiger partial charge in [0.05, 0.1) is 6.61 Å². The molecule has 27 heavy (non-hydrogen) atoms. The Balaban J connectivity index is 1.32. The minimum atomic E-state index is -0.121. The van der Waals surface area contributed by atoms with Gasteiger partial charge in [-0.05, 0) is 74.7 Å². The van der Waals surface area contributed by atoms with Crippen molar-refractivity contribution in [3.8, 4) is 5.75 Å². The summed E-state index contributed by atoms with van der Waals surface area (Å²) >= 11 is 2.08. The molecule has 1 atom stereocenters. The molecule has 2 heterocycles. The van der Waals surface area contributed by atoms with Crippen molar-refractivity contribution in [2.24, 2.45) is 5.92 Å². The van der Waals surface area contributed by atoms with Gasteiger partial charge in [-0.2, -0.15) is 11.8 Å². The summed E-state index contributed by atoms with van der Waals surface area (Å²) in [4.78, 5) is 14.8. The number of urea groups is 1. The number of piperidine rings is 1. The molecule has 0 unspecified atom stereocenters. The summed E-state index contributed by atoms with van der Waals surface area (Å²) in [6, 6.07) is 8.26. The standard InChI is InChI=1S/C21H33N3O2S/c1-2-3-13-26-20-6-4-18(5-7-20)23-21(25)22-15-17-8-11-24(12-9-17)19-10-14-27-16-19/h4-7,17,19H,2-3,8-16H2,1H3,(H2,22,23,25)/t19-/m0/s1. The number of hydrogen-bond donors (Lipinski definition) is 2. The van der Waals surface area contributed by atoms with Crippen LogP contribution >= 0.6 is 11.8 Å². The summed E-state index contributed by atoms with van der Waals surface area (Å²) in [6.45, 7) is 6.00. The molecule has 0 bridgehead atoms. The van der Waals surface area contributed by atoms with Crippen LogP contribution in [0.3, 0.4) is 0 Å². The largest absolute Gasteiger partial charge is 0.494 e. The summed E-state index contributed by atoms with van der Waals surface area (Å²) < 4.78 is 5.65. The van der Waals surface area contributed by atoms with Crippen LogP contribution in [-0.4, -0.2) is 54.7 Å². The van der Waals surface area contributed by atoms with Gasteiger partial charge in [0, 0.05) is 24.0 Å². The van der Waals surface area contributed by atoms with Crippen LogP contribution < -0.4 is 15.4 Å². The molecule has 1 aromatic carbocycles. The topological polar surface area (TPSA) is 53.6 Å². The molecule has 2 aliphatic rings. The lowest BCUT2D eigenvalue weighted by molar-refractivity contribution is 0.143. The van der Waals surface area contributed by atoms with E-state index in [1.807, 2.05) is 24.3 Å². The molecule has 2 fully saturated rings. The van der Waals surface area contributed by atoms with Crippen LogP contribution in [0, 0.1) is 5.92 Å². The van der Waals surface area contributed by atoms with Gasteiger partial charge in [-0.1, -0.05) is 13.3 Å². The maximum atomic E-state index is 12.2. The van der Waals surface area contributed by atoms with Crippen LogP contribution in [0.25, 0.3) is 0 Å². The van der Waals surface area contributed by atoms with E-state index >= 15 is 0 Å². The lowest BCUT2D eigenvalue weighted by Gasteiger charge is -2.35. The average Bonchev–Trinajstić information content (AvgIpc) is 3.23. The zero-order valence-corrected chi connectivity index (χ0v) is 17.2. The Morgan fingerprint density at radius 2 is 2.00 bits per heavy atom. The molecule has 1 aromatic rings. The molecule has 2 amide bonds. The van der Waals surface area contributed by atoms with Crippen molar-refractivity contribution in [2.45, 2.75) is 45.1 Å². The first-order valence-corrected chi connectivity index (χ1v) is 11.5. The first kappa shape index (κ1) is 20.3. The molecule has 2 N–H and O–H groups in total. The second-order valence-electron chi connectivity index (χ2n) is 7.56. The molecule has 3 rings (SSSR count). The average molecular weight is 392 g/mol. The fourth-order valence-electron chi connectivity index (χ4n) is 3.71. The zero-order chi connectivity index (χ0) is 18.9. The van der Waals surface area contributed by atoms with E-state index in [9.17, 15) is 4.79 Å². The third-order valence-corrected chi connectivity index (χ3v) is 6.65. The van der Waals surface area contributed by atoms with Crippen LogP contribution in [0.1, 0.15) is 39.0 Å². The Bertz CT molecular complexity index is 567. The molecule has 6 heteroatoms. The van der Waals surface area contributed by atoms with Gasteiger partial charge in [0.25, 0.3) is 0 Å². The smallest absolute Gasteiger partial charge is 0.319 e. The van der Waals surface area contributed by atoms with Crippen LogP contribution in [0.5, 0.6) is 5.75 Å². The van der Waals surface area contributed by atoms with Crippen LogP contribution in [0.15, 0.2) is 24.3 Å². The number of nitrogens with one attached hydrogen (secondary N) is 2. The van der Waals surface area contributed by atoms with Crippen molar-refractivity contribution in [1.82, 2.24) is 10.2 Å². The van der Waals surface area contributed by atoms with Crippen molar-refractivity contribution >= 4 is 23.5 Å². The fourth-order valence-corrected chi connectivity index (χ4v) is 4.97. The van der Waals surface area contributed by atoms with E-state index < -0.39 is 0 Å². The number of amides is 2. The minimum Gasteiger partial charge on any atom is -0.494 e. The highest BCUT2D eigenvalue weighted by Gasteiger charge is 2.27. The van der Waals surface area contributed by atoms with Crippen molar-refractivity contribution in [3.63, 3.8) is 0 Å².